The van der Waals surface area contributed by atoms with Crippen molar-refractivity contribution < 1.29 is 9.84 Å². The summed E-state index contributed by atoms with van der Waals surface area (Å²) >= 11 is 3.54. The fourth-order valence-corrected chi connectivity index (χ4v) is 2.65. The van der Waals surface area contributed by atoms with E-state index in [4.69, 9.17) is 4.74 Å². The molecule has 5 heteroatoms. The summed E-state index contributed by atoms with van der Waals surface area (Å²) in [5, 5.41) is 9.17. The first kappa shape index (κ1) is 12.8. The van der Waals surface area contributed by atoms with Gasteiger partial charge in [-0.05, 0) is 41.4 Å². The van der Waals surface area contributed by atoms with Crippen LogP contribution in [0, 0.1) is 6.92 Å². The number of halogens is 1. The van der Waals surface area contributed by atoms with Crippen LogP contribution in [-0.2, 0) is 4.74 Å². The predicted molar refractivity (Wildman–Crippen MR) is 70.3 cm³/mol. The molecule has 0 bridgehead atoms. The normalized spacial score (nSPS) is 25.1. The predicted octanol–water partition coefficient (Wildman–Crippen LogP) is 1.74. The second-order valence-electron chi connectivity index (χ2n) is 4.46. The summed E-state index contributed by atoms with van der Waals surface area (Å²) < 4.78 is 6.51. The molecule has 0 saturated carbocycles. The molecule has 1 aliphatic heterocycles. The Balaban J connectivity index is 2.24. The molecule has 1 aromatic rings. The number of aryl methyl sites for hydroxylation is 1. The van der Waals surface area contributed by atoms with Gasteiger partial charge in [0, 0.05) is 12.7 Å². The minimum absolute atomic E-state index is 0.0483. The van der Waals surface area contributed by atoms with Crippen LogP contribution < -0.4 is 4.90 Å². The molecule has 1 aliphatic rings. The third-order valence-corrected chi connectivity index (χ3v) is 3.52. The van der Waals surface area contributed by atoms with E-state index in [0.717, 1.165) is 15.9 Å². The van der Waals surface area contributed by atoms with Crippen molar-refractivity contribution in [2.75, 3.05) is 24.7 Å². The molecule has 0 amide bonds. The SMILES string of the molecule is Cc1cnc(N2CC(CO)OCC2C)c(Br)c1. The van der Waals surface area contributed by atoms with E-state index in [9.17, 15) is 5.11 Å². The van der Waals surface area contributed by atoms with Crippen LogP contribution in [0.1, 0.15) is 12.5 Å². The third-order valence-electron chi connectivity index (χ3n) is 2.94. The van der Waals surface area contributed by atoms with Gasteiger partial charge >= 0.3 is 0 Å². The lowest BCUT2D eigenvalue weighted by Gasteiger charge is -2.38. The maximum absolute atomic E-state index is 9.17. The van der Waals surface area contributed by atoms with Crippen LogP contribution in [0.2, 0.25) is 0 Å². The number of morpholine rings is 1. The van der Waals surface area contributed by atoms with Gasteiger partial charge in [0.25, 0.3) is 0 Å². The van der Waals surface area contributed by atoms with E-state index in [-0.39, 0.29) is 18.8 Å². The van der Waals surface area contributed by atoms with E-state index in [2.05, 4.69) is 38.8 Å². The molecule has 1 fully saturated rings. The van der Waals surface area contributed by atoms with Crippen molar-refractivity contribution in [2.24, 2.45) is 0 Å². The monoisotopic (exact) mass is 300 g/mol. The largest absolute Gasteiger partial charge is 0.394 e. The maximum atomic E-state index is 9.17. The van der Waals surface area contributed by atoms with E-state index in [1.807, 2.05) is 13.1 Å². The average Bonchev–Trinajstić information content (AvgIpc) is 2.30. The highest BCUT2D eigenvalue weighted by atomic mass is 79.9. The summed E-state index contributed by atoms with van der Waals surface area (Å²) in [5.74, 6) is 0.921. The number of hydrogen-bond acceptors (Lipinski definition) is 4. The van der Waals surface area contributed by atoms with Crippen molar-refractivity contribution in [2.45, 2.75) is 26.0 Å². The molecule has 2 heterocycles. The van der Waals surface area contributed by atoms with Crippen molar-refractivity contribution in [3.05, 3.63) is 22.3 Å². The highest BCUT2D eigenvalue weighted by molar-refractivity contribution is 9.10. The molecule has 1 saturated heterocycles. The molecule has 2 atom stereocenters. The molecule has 2 unspecified atom stereocenters. The Morgan fingerprint density at radius 3 is 3.06 bits per heavy atom. The van der Waals surface area contributed by atoms with E-state index in [0.29, 0.717) is 13.2 Å². The second kappa shape index (κ2) is 5.33. The molecule has 0 aliphatic carbocycles. The van der Waals surface area contributed by atoms with Gasteiger partial charge in [0.05, 0.1) is 29.8 Å². The lowest BCUT2D eigenvalue weighted by molar-refractivity contribution is -0.0106. The van der Waals surface area contributed by atoms with E-state index < -0.39 is 0 Å². The van der Waals surface area contributed by atoms with Gasteiger partial charge in [0.1, 0.15) is 5.82 Å². The standard InChI is InChI=1S/C12H17BrN2O2/c1-8-3-11(13)12(14-4-8)15-5-10(6-16)17-7-9(15)2/h3-4,9-10,16H,5-7H2,1-2H3. The molecule has 0 spiro atoms. The number of aromatic nitrogens is 1. The lowest BCUT2D eigenvalue weighted by atomic mass is 10.2. The lowest BCUT2D eigenvalue weighted by Crippen LogP contribution is -2.50. The minimum atomic E-state index is -0.124. The van der Waals surface area contributed by atoms with Gasteiger partial charge in [-0.1, -0.05) is 0 Å². The number of aliphatic hydroxyl groups is 1. The minimum Gasteiger partial charge on any atom is -0.394 e. The molecule has 0 aromatic carbocycles. The second-order valence-corrected chi connectivity index (χ2v) is 5.31. The Hall–Kier alpha value is -0.650. The van der Waals surface area contributed by atoms with Gasteiger partial charge in [-0.25, -0.2) is 4.98 Å². The quantitative estimate of drug-likeness (QED) is 0.904. The number of rotatable bonds is 2. The Labute approximate surface area is 110 Å². The number of ether oxygens (including phenoxy) is 1. The Bertz CT molecular complexity index is 400. The first-order chi connectivity index (χ1) is 8.11. The number of anilines is 1. The first-order valence-corrected chi connectivity index (χ1v) is 6.52. The molecule has 17 heavy (non-hydrogen) atoms. The molecule has 94 valence electrons. The summed E-state index contributed by atoms with van der Waals surface area (Å²) in [6.07, 6.45) is 1.73. The molecule has 1 aromatic heterocycles. The zero-order valence-electron chi connectivity index (χ0n) is 10.1. The number of pyridine rings is 1. The first-order valence-electron chi connectivity index (χ1n) is 5.73. The summed E-state index contributed by atoms with van der Waals surface area (Å²) in [4.78, 5) is 6.64. The highest BCUT2D eigenvalue weighted by Gasteiger charge is 2.27. The van der Waals surface area contributed by atoms with Gasteiger partial charge < -0.3 is 14.7 Å². The Morgan fingerprint density at radius 2 is 2.41 bits per heavy atom. The maximum Gasteiger partial charge on any atom is 0.143 e. The van der Waals surface area contributed by atoms with Crippen LogP contribution in [0.15, 0.2) is 16.7 Å². The highest BCUT2D eigenvalue weighted by Crippen LogP contribution is 2.28. The van der Waals surface area contributed by atoms with Crippen LogP contribution in [0.4, 0.5) is 5.82 Å². The Morgan fingerprint density at radius 1 is 1.65 bits per heavy atom. The van der Waals surface area contributed by atoms with Crippen molar-refractivity contribution in [3.8, 4) is 0 Å². The van der Waals surface area contributed by atoms with Crippen LogP contribution >= 0.6 is 15.9 Å². The molecule has 4 nitrogen and oxygen atoms in total. The topological polar surface area (TPSA) is 45.6 Å². The summed E-state index contributed by atoms with van der Waals surface area (Å²) in [6.45, 7) is 5.45. The van der Waals surface area contributed by atoms with Crippen molar-refractivity contribution in [1.29, 1.82) is 0 Å². The van der Waals surface area contributed by atoms with Crippen molar-refractivity contribution in [3.63, 3.8) is 0 Å². The number of nitrogens with zero attached hydrogens (tertiary/aromatic N) is 2. The average molecular weight is 301 g/mol. The summed E-state index contributed by atoms with van der Waals surface area (Å²) in [5.41, 5.74) is 1.13. The van der Waals surface area contributed by atoms with Gasteiger partial charge in [-0.15, -0.1) is 0 Å². The molecular formula is C12H17BrN2O2. The smallest absolute Gasteiger partial charge is 0.143 e. The third kappa shape index (κ3) is 2.78. The molecule has 1 N–H and O–H groups in total. The number of aliphatic hydroxyl groups excluding tert-OH is 1. The summed E-state index contributed by atoms with van der Waals surface area (Å²) in [7, 11) is 0. The van der Waals surface area contributed by atoms with E-state index in [1.165, 1.54) is 0 Å². The van der Waals surface area contributed by atoms with Gasteiger partial charge in [0.15, 0.2) is 0 Å². The van der Waals surface area contributed by atoms with E-state index in [1.54, 1.807) is 0 Å². The molecule has 2 rings (SSSR count). The molecular weight excluding hydrogens is 284 g/mol. The van der Waals surface area contributed by atoms with E-state index >= 15 is 0 Å². The van der Waals surface area contributed by atoms with Gasteiger partial charge in [-0.3, -0.25) is 0 Å². The van der Waals surface area contributed by atoms with Gasteiger partial charge in [-0.2, -0.15) is 0 Å². The van der Waals surface area contributed by atoms with Crippen LogP contribution in [0.25, 0.3) is 0 Å². The van der Waals surface area contributed by atoms with Crippen LogP contribution in [0.3, 0.4) is 0 Å². The fraction of sp³-hybridized carbons (Fsp3) is 0.583. The van der Waals surface area contributed by atoms with Crippen molar-refractivity contribution in [1.82, 2.24) is 4.98 Å². The van der Waals surface area contributed by atoms with Crippen LogP contribution in [-0.4, -0.2) is 42.0 Å². The summed E-state index contributed by atoms with van der Waals surface area (Å²) in [6, 6.07) is 2.32. The zero-order valence-corrected chi connectivity index (χ0v) is 11.6. The fourth-order valence-electron chi connectivity index (χ4n) is 1.96. The van der Waals surface area contributed by atoms with Gasteiger partial charge in [0.2, 0.25) is 0 Å². The van der Waals surface area contributed by atoms with Crippen LogP contribution in [0.5, 0.6) is 0 Å². The Kier molecular flexibility index (Phi) is 4.01. The molecule has 0 radical (unpaired) electrons. The van der Waals surface area contributed by atoms with Crippen molar-refractivity contribution >= 4 is 21.7 Å². The zero-order chi connectivity index (χ0) is 12.4. The number of hydrogen-bond donors (Lipinski definition) is 1.